The number of nitrogens with two attached hydrogens (primary N) is 1. The van der Waals surface area contributed by atoms with E-state index >= 15 is 0 Å². The number of carbonyl (C=O) groups excluding carboxylic acids is 2. The number of amides is 2. The number of anilines is 1. The molecule has 4 heterocycles. The van der Waals surface area contributed by atoms with Crippen LogP contribution in [0.4, 0.5) is 5.13 Å². The summed E-state index contributed by atoms with van der Waals surface area (Å²) in [6, 6.07) is 17.1. The van der Waals surface area contributed by atoms with Crippen LogP contribution < -0.4 is 15.4 Å². The number of morpholine rings is 1. The minimum Gasteiger partial charge on any atom is -0.457 e. The minimum absolute atomic E-state index is 0.0691. The molecule has 1 aromatic heterocycles. The summed E-state index contributed by atoms with van der Waals surface area (Å²) in [7, 11) is 0. The number of hydrogen-bond acceptors (Lipinski definition) is 8. The van der Waals surface area contributed by atoms with Crippen LogP contribution in [-0.4, -0.2) is 85.6 Å². The molecule has 6 rings (SSSR count). The molecular formula is C29H31N5O4S. The molecule has 3 aliphatic heterocycles. The number of thiazole rings is 1. The van der Waals surface area contributed by atoms with Gasteiger partial charge in [-0.15, -0.1) is 0 Å². The summed E-state index contributed by atoms with van der Waals surface area (Å²) in [5, 5.41) is 0.782. The molecule has 0 unspecified atom stereocenters. The van der Waals surface area contributed by atoms with E-state index < -0.39 is 5.91 Å². The van der Waals surface area contributed by atoms with Crippen LogP contribution in [0.5, 0.6) is 11.5 Å². The van der Waals surface area contributed by atoms with Crippen molar-refractivity contribution in [3.05, 3.63) is 71.6 Å². The van der Waals surface area contributed by atoms with Crippen LogP contribution in [0.25, 0.3) is 11.3 Å². The summed E-state index contributed by atoms with van der Waals surface area (Å²) in [5.74, 6) is 1.04. The molecule has 39 heavy (non-hydrogen) atoms. The summed E-state index contributed by atoms with van der Waals surface area (Å²) >= 11 is 1.32. The van der Waals surface area contributed by atoms with Gasteiger partial charge in [-0.05, 0) is 36.4 Å². The predicted molar refractivity (Wildman–Crippen MR) is 150 cm³/mol. The Hall–Kier alpha value is -3.73. The van der Waals surface area contributed by atoms with Crippen molar-refractivity contribution in [1.29, 1.82) is 0 Å². The summed E-state index contributed by atoms with van der Waals surface area (Å²) < 4.78 is 11.2. The fraction of sp³-hybridized carbons (Fsp3) is 0.345. The fourth-order valence-electron chi connectivity index (χ4n) is 5.32. The monoisotopic (exact) mass is 545 g/mol. The quantitative estimate of drug-likeness (QED) is 0.434. The Morgan fingerprint density at radius 1 is 1.00 bits per heavy atom. The van der Waals surface area contributed by atoms with Crippen LogP contribution in [0.2, 0.25) is 0 Å². The Morgan fingerprint density at radius 3 is 2.38 bits per heavy atom. The number of aromatic nitrogens is 1. The third-order valence-electron chi connectivity index (χ3n) is 7.36. The fourth-order valence-corrected chi connectivity index (χ4v) is 6.26. The Kier molecular flexibility index (Phi) is 7.07. The molecule has 2 N–H and O–H groups in total. The van der Waals surface area contributed by atoms with Crippen molar-refractivity contribution >= 4 is 28.3 Å². The Bertz CT molecular complexity index is 1350. The maximum absolute atomic E-state index is 12.6. The van der Waals surface area contributed by atoms with Crippen LogP contribution >= 0.6 is 11.3 Å². The van der Waals surface area contributed by atoms with Crippen molar-refractivity contribution in [2.75, 3.05) is 63.9 Å². The maximum atomic E-state index is 12.6. The zero-order valence-corrected chi connectivity index (χ0v) is 22.4. The number of primary amides is 1. The summed E-state index contributed by atoms with van der Waals surface area (Å²) in [6.07, 6.45) is 3.65. The molecule has 0 radical (unpaired) electrons. The lowest BCUT2D eigenvalue weighted by Gasteiger charge is -2.60. The second-order valence-electron chi connectivity index (χ2n) is 10.3. The lowest BCUT2D eigenvalue weighted by molar-refractivity contribution is -0.139. The van der Waals surface area contributed by atoms with Crippen molar-refractivity contribution in [2.45, 2.75) is 0 Å². The van der Waals surface area contributed by atoms with Gasteiger partial charge in [0.1, 0.15) is 16.4 Å². The average molecular weight is 546 g/mol. The number of nitrogens with zero attached hydrogens (tertiary/aromatic N) is 4. The molecule has 3 saturated heterocycles. The van der Waals surface area contributed by atoms with Crippen LogP contribution in [0.1, 0.15) is 9.67 Å². The largest absolute Gasteiger partial charge is 0.457 e. The van der Waals surface area contributed by atoms with Gasteiger partial charge in [0.15, 0.2) is 5.13 Å². The zero-order valence-electron chi connectivity index (χ0n) is 21.6. The molecule has 0 bridgehead atoms. The van der Waals surface area contributed by atoms with Crippen molar-refractivity contribution in [2.24, 2.45) is 11.1 Å². The highest BCUT2D eigenvalue weighted by Gasteiger charge is 2.53. The number of para-hydroxylation sites is 1. The molecular weight excluding hydrogens is 514 g/mol. The first kappa shape index (κ1) is 25.5. The molecule has 202 valence electrons. The molecule has 2 amide bonds. The first-order valence-electron chi connectivity index (χ1n) is 13.1. The SMILES string of the molecule is NC(=O)c1sc(N2CC3(CN(C(=O)/C=C/CN4CCOCC4)C3)C2)nc1-c1ccc(Oc2ccccc2)cc1. The van der Waals surface area contributed by atoms with Crippen LogP contribution in [0, 0.1) is 5.41 Å². The number of rotatable bonds is 8. The number of likely N-dealkylation sites (tertiary alicyclic amines) is 1. The number of carbonyl (C=O) groups is 2. The Balaban J connectivity index is 1.05. The molecule has 3 aliphatic rings. The van der Waals surface area contributed by atoms with Crippen molar-refractivity contribution in [3.63, 3.8) is 0 Å². The molecule has 3 aromatic rings. The second-order valence-corrected chi connectivity index (χ2v) is 11.3. The number of hydrogen-bond donors (Lipinski definition) is 1. The van der Waals surface area contributed by atoms with E-state index in [9.17, 15) is 9.59 Å². The Labute approximate surface area is 231 Å². The Morgan fingerprint density at radius 2 is 1.69 bits per heavy atom. The van der Waals surface area contributed by atoms with Crippen molar-refractivity contribution < 1.29 is 19.1 Å². The molecule has 1 spiro atoms. The first-order valence-corrected chi connectivity index (χ1v) is 13.9. The van der Waals surface area contributed by atoms with Gasteiger partial charge in [0.05, 0.1) is 18.9 Å². The lowest BCUT2D eigenvalue weighted by atomic mass is 9.73. The third kappa shape index (κ3) is 5.54. The highest BCUT2D eigenvalue weighted by molar-refractivity contribution is 7.18. The van der Waals surface area contributed by atoms with Gasteiger partial charge in [0.2, 0.25) is 5.91 Å². The van der Waals surface area contributed by atoms with Crippen molar-refractivity contribution in [3.8, 4) is 22.8 Å². The number of ether oxygens (including phenoxy) is 2. The van der Waals surface area contributed by atoms with Crippen LogP contribution in [-0.2, 0) is 9.53 Å². The first-order chi connectivity index (χ1) is 19.0. The van der Waals surface area contributed by atoms with Gasteiger partial charge in [0, 0.05) is 62.9 Å². The molecule has 0 atom stereocenters. The van der Waals surface area contributed by atoms with Crippen LogP contribution in [0.3, 0.4) is 0 Å². The minimum atomic E-state index is -0.488. The van der Waals surface area contributed by atoms with Crippen LogP contribution in [0.15, 0.2) is 66.7 Å². The van der Waals surface area contributed by atoms with E-state index in [1.165, 1.54) is 11.3 Å². The maximum Gasteiger partial charge on any atom is 0.261 e. The van der Waals surface area contributed by atoms with Gasteiger partial charge >= 0.3 is 0 Å². The summed E-state index contributed by atoms with van der Waals surface area (Å²) in [4.78, 5) is 36.4. The van der Waals surface area contributed by atoms with Gasteiger partial charge in [-0.2, -0.15) is 0 Å². The highest BCUT2D eigenvalue weighted by Crippen LogP contribution is 2.44. The average Bonchev–Trinajstić information content (AvgIpc) is 3.34. The normalized spacial score (nSPS) is 18.7. The van der Waals surface area contributed by atoms with E-state index in [0.717, 1.165) is 75.5 Å². The topological polar surface area (TPSA) is 101 Å². The molecule has 9 nitrogen and oxygen atoms in total. The van der Waals surface area contributed by atoms with E-state index in [1.54, 1.807) is 6.08 Å². The zero-order chi connectivity index (χ0) is 26.8. The smallest absolute Gasteiger partial charge is 0.261 e. The summed E-state index contributed by atoms with van der Waals surface area (Å²) in [5.41, 5.74) is 7.21. The summed E-state index contributed by atoms with van der Waals surface area (Å²) in [6.45, 7) is 7.21. The molecule has 2 aromatic carbocycles. The molecule has 3 fully saturated rings. The second kappa shape index (κ2) is 10.8. The van der Waals surface area contributed by atoms with E-state index in [1.807, 2.05) is 65.6 Å². The van der Waals surface area contributed by atoms with Gasteiger partial charge in [0.25, 0.3) is 5.91 Å². The number of benzene rings is 2. The molecule has 0 aliphatic carbocycles. The van der Waals surface area contributed by atoms with Gasteiger partial charge in [-0.1, -0.05) is 35.6 Å². The standard InChI is InChI=1S/C29H31N5O4S/c30-27(36)26-25(21-8-10-23(11-9-21)38-22-5-2-1-3-6-22)31-28(39-26)34-19-29(20-34)17-33(18-29)24(35)7-4-12-32-13-15-37-16-14-32/h1-11H,12-20H2,(H2,30,36)/b7-4+. The van der Waals surface area contributed by atoms with Gasteiger partial charge in [-0.25, -0.2) is 4.98 Å². The third-order valence-corrected chi connectivity index (χ3v) is 8.49. The molecule has 0 saturated carbocycles. The van der Waals surface area contributed by atoms with E-state index in [-0.39, 0.29) is 11.3 Å². The van der Waals surface area contributed by atoms with E-state index in [4.69, 9.17) is 20.2 Å². The van der Waals surface area contributed by atoms with Gasteiger partial charge in [-0.3, -0.25) is 14.5 Å². The molecule has 10 heteroatoms. The lowest BCUT2D eigenvalue weighted by Crippen LogP contribution is -2.73. The highest BCUT2D eigenvalue weighted by atomic mass is 32.1. The predicted octanol–water partition coefficient (Wildman–Crippen LogP) is 3.24. The van der Waals surface area contributed by atoms with Crippen molar-refractivity contribution in [1.82, 2.24) is 14.8 Å². The van der Waals surface area contributed by atoms with E-state index in [0.29, 0.717) is 16.3 Å². The van der Waals surface area contributed by atoms with Gasteiger partial charge < -0.3 is 25.0 Å². The van der Waals surface area contributed by atoms with E-state index in [2.05, 4.69) is 9.80 Å².